The molecule has 0 aliphatic rings. The van der Waals surface area contributed by atoms with Crippen LogP contribution in [0.4, 0.5) is 0 Å². The van der Waals surface area contributed by atoms with Gasteiger partial charge >= 0.3 is 0 Å². The number of para-hydroxylation sites is 3. The van der Waals surface area contributed by atoms with E-state index in [-0.39, 0.29) is 0 Å². The lowest BCUT2D eigenvalue weighted by Crippen LogP contribution is -1.97. The SMILES string of the molecule is c1ccc(-c2nc3c(-c4ccc(-c5ccc6ccc7cccnc7c6n5)cc4)cccc3c3c2ccc2c4ccccc4n(-c4ccccc4)c23)cc1. The van der Waals surface area contributed by atoms with E-state index in [0.29, 0.717) is 0 Å². The third-order valence-electron chi connectivity index (χ3n) is 10.6. The average Bonchev–Trinajstić information content (AvgIpc) is 3.58. The van der Waals surface area contributed by atoms with Crippen molar-refractivity contribution in [1.82, 2.24) is 19.5 Å². The van der Waals surface area contributed by atoms with Gasteiger partial charge in [0.25, 0.3) is 0 Å². The standard InChI is InChI=1S/C49H30N4/c1-3-11-33(12-4-1)45-41-28-27-39-38-16-7-8-19-43(38)53(36-14-5-2-6-15-36)49(39)44(41)40-18-9-17-37(48(40)52-45)31-20-22-32(23-21-31)42-29-26-35-25-24-34-13-10-30-50-46(34)47(35)51-42/h1-30H. The molecule has 0 N–H and O–H groups in total. The molecule has 4 heteroatoms. The molecule has 53 heavy (non-hydrogen) atoms. The Bertz CT molecular complexity index is 3200. The van der Waals surface area contributed by atoms with Gasteiger partial charge < -0.3 is 4.57 Å². The highest BCUT2D eigenvalue weighted by molar-refractivity contribution is 6.28. The van der Waals surface area contributed by atoms with Crippen molar-refractivity contribution in [1.29, 1.82) is 0 Å². The van der Waals surface area contributed by atoms with E-state index in [1.54, 1.807) is 0 Å². The predicted molar refractivity (Wildman–Crippen MR) is 220 cm³/mol. The second-order valence-corrected chi connectivity index (χ2v) is 13.6. The predicted octanol–water partition coefficient (Wildman–Crippen LogP) is 12.6. The molecule has 0 spiro atoms. The summed E-state index contributed by atoms with van der Waals surface area (Å²) in [5.74, 6) is 0. The molecule has 0 aliphatic carbocycles. The highest BCUT2D eigenvalue weighted by Crippen LogP contribution is 2.43. The highest BCUT2D eigenvalue weighted by Gasteiger charge is 2.21. The van der Waals surface area contributed by atoms with Crippen molar-refractivity contribution in [2.24, 2.45) is 0 Å². The lowest BCUT2D eigenvalue weighted by atomic mass is 9.94. The van der Waals surface area contributed by atoms with Gasteiger partial charge in [-0.3, -0.25) is 4.98 Å². The fourth-order valence-electron chi connectivity index (χ4n) is 8.16. The fourth-order valence-corrected chi connectivity index (χ4v) is 8.16. The van der Waals surface area contributed by atoms with Gasteiger partial charge in [-0.05, 0) is 35.9 Å². The van der Waals surface area contributed by atoms with Crippen molar-refractivity contribution in [3.63, 3.8) is 0 Å². The maximum absolute atomic E-state index is 5.53. The molecule has 0 radical (unpaired) electrons. The van der Waals surface area contributed by atoms with Crippen LogP contribution in [0.1, 0.15) is 0 Å². The lowest BCUT2D eigenvalue weighted by molar-refractivity contribution is 1.19. The van der Waals surface area contributed by atoms with Crippen molar-refractivity contribution >= 4 is 65.3 Å². The largest absolute Gasteiger partial charge is 0.309 e. The molecule has 0 aliphatic heterocycles. The van der Waals surface area contributed by atoms with E-state index in [1.165, 1.54) is 27.2 Å². The van der Waals surface area contributed by atoms with Crippen LogP contribution in [0.15, 0.2) is 182 Å². The van der Waals surface area contributed by atoms with E-state index in [0.717, 1.165) is 77.4 Å². The normalized spacial score (nSPS) is 11.8. The molecule has 11 aromatic rings. The van der Waals surface area contributed by atoms with Crippen LogP contribution in [0.3, 0.4) is 0 Å². The molecule has 4 aromatic heterocycles. The first-order chi connectivity index (χ1) is 26.3. The van der Waals surface area contributed by atoms with Gasteiger partial charge in [-0.1, -0.05) is 146 Å². The Balaban J connectivity index is 1.17. The van der Waals surface area contributed by atoms with Gasteiger partial charge in [-0.25, -0.2) is 9.97 Å². The summed E-state index contributed by atoms with van der Waals surface area (Å²) in [5, 5.41) is 8.09. The molecule has 0 fully saturated rings. The maximum Gasteiger partial charge on any atom is 0.0972 e. The number of nitrogens with zero attached hydrogens (tertiary/aromatic N) is 4. The summed E-state index contributed by atoms with van der Waals surface area (Å²) in [6.45, 7) is 0. The molecule has 0 atom stereocenters. The molecular formula is C49H30N4. The van der Waals surface area contributed by atoms with E-state index in [2.05, 4.69) is 179 Å². The van der Waals surface area contributed by atoms with Gasteiger partial charge in [0.2, 0.25) is 0 Å². The summed E-state index contributed by atoms with van der Waals surface area (Å²) < 4.78 is 2.43. The zero-order valence-corrected chi connectivity index (χ0v) is 28.6. The van der Waals surface area contributed by atoms with Gasteiger partial charge in [0.15, 0.2) is 0 Å². The maximum atomic E-state index is 5.53. The summed E-state index contributed by atoms with van der Waals surface area (Å²) in [6, 6.07) is 62.4. The second kappa shape index (κ2) is 11.7. The molecule has 0 saturated carbocycles. The van der Waals surface area contributed by atoms with Crippen LogP contribution in [0.5, 0.6) is 0 Å². The van der Waals surface area contributed by atoms with E-state index in [4.69, 9.17) is 9.97 Å². The minimum absolute atomic E-state index is 0.919. The number of hydrogen-bond donors (Lipinski definition) is 0. The van der Waals surface area contributed by atoms with Gasteiger partial charge in [0.05, 0.1) is 39.0 Å². The summed E-state index contributed by atoms with van der Waals surface area (Å²) in [7, 11) is 0. The fraction of sp³-hybridized carbons (Fsp3) is 0. The van der Waals surface area contributed by atoms with E-state index < -0.39 is 0 Å². The smallest absolute Gasteiger partial charge is 0.0972 e. The van der Waals surface area contributed by atoms with Crippen LogP contribution in [0, 0.1) is 0 Å². The van der Waals surface area contributed by atoms with Crippen molar-refractivity contribution in [3.05, 3.63) is 182 Å². The quantitative estimate of drug-likeness (QED) is 0.175. The molecule has 7 aromatic carbocycles. The van der Waals surface area contributed by atoms with Gasteiger partial charge in [-0.2, -0.15) is 0 Å². The topological polar surface area (TPSA) is 43.6 Å². The van der Waals surface area contributed by atoms with Crippen molar-refractivity contribution in [3.8, 4) is 39.3 Å². The Morgan fingerprint density at radius 2 is 1.09 bits per heavy atom. The molecule has 0 unspecified atom stereocenters. The summed E-state index contributed by atoms with van der Waals surface area (Å²) >= 11 is 0. The first kappa shape index (κ1) is 29.5. The minimum atomic E-state index is 0.919. The van der Waals surface area contributed by atoms with Crippen molar-refractivity contribution in [2.45, 2.75) is 0 Å². The van der Waals surface area contributed by atoms with E-state index in [1.807, 2.05) is 12.3 Å². The molecule has 0 amide bonds. The molecule has 11 rings (SSSR count). The molecule has 0 saturated heterocycles. The molecule has 0 bridgehead atoms. The highest BCUT2D eigenvalue weighted by atomic mass is 15.0. The van der Waals surface area contributed by atoms with E-state index >= 15 is 0 Å². The minimum Gasteiger partial charge on any atom is -0.309 e. The monoisotopic (exact) mass is 674 g/mol. The Kier molecular flexibility index (Phi) is 6.52. The van der Waals surface area contributed by atoms with Crippen LogP contribution in [0.25, 0.3) is 105 Å². The third kappa shape index (κ3) is 4.59. The Hall–Kier alpha value is -7.17. The lowest BCUT2D eigenvalue weighted by Gasteiger charge is -2.16. The van der Waals surface area contributed by atoms with Crippen LogP contribution in [-0.4, -0.2) is 19.5 Å². The molecular weight excluding hydrogens is 645 g/mol. The van der Waals surface area contributed by atoms with Crippen molar-refractivity contribution < 1.29 is 0 Å². The number of aromatic nitrogens is 4. The van der Waals surface area contributed by atoms with Gasteiger partial charge in [0.1, 0.15) is 0 Å². The van der Waals surface area contributed by atoms with E-state index in [9.17, 15) is 0 Å². The molecule has 246 valence electrons. The number of hydrogen-bond acceptors (Lipinski definition) is 3. The van der Waals surface area contributed by atoms with Gasteiger partial charge in [0, 0.05) is 66.3 Å². The zero-order valence-electron chi connectivity index (χ0n) is 28.6. The number of pyridine rings is 3. The van der Waals surface area contributed by atoms with Gasteiger partial charge in [-0.15, -0.1) is 0 Å². The Labute approximate surface area is 305 Å². The number of benzene rings is 7. The first-order valence-corrected chi connectivity index (χ1v) is 17.9. The zero-order chi connectivity index (χ0) is 34.9. The molecule has 4 heterocycles. The third-order valence-corrected chi connectivity index (χ3v) is 10.6. The van der Waals surface area contributed by atoms with Crippen LogP contribution >= 0.6 is 0 Å². The average molecular weight is 675 g/mol. The Morgan fingerprint density at radius 1 is 0.396 bits per heavy atom. The first-order valence-electron chi connectivity index (χ1n) is 17.9. The Morgan fingerprint density at radius 3 is 1.94 bits per heavy atom. The summed E-state index contributed by atoms with van der Waals surface area (Å²) in [4.78, 5) is 15.3. The number of rotatable bonds is 4. The molecule has 4 nitrogen and oxygen atoms in total. The second-order valence-electron chi connectivity index (χ2n) is 13.6. The number of fused-ring (bicyclic) bond motifs is 10. The van der Waals surface area contributed by atoms with Crippen LogP contribution in [-0.2, 0) is 0 Å². The summed E-state index contributed by atoms with van der Waals surface area (Å²) in [6.07, 6.45) is 1.84. The van der Waals surface area contributed by atoms with Crippen LogP contribution in [0.2, 0.25) is 0 Å². The summed E-state index contributed by atoms with van der Waals surface area (Å²) in [5.41, 5.74) is 12.6. The van der Waals surface area contributed by atoms with Crippen molar-refractivity contribution in [2.75, 3.05) is 0 Å². The van der Waals surface area contributed by atoms with Crippen LogP contribution < -0.4 is 0 Å².